The molecule has 0 spiro atoms. The minimum atomic E-state index is -0.442. The molecule has 7 nitrogen and oxygen atoms in total. The lowest BCUT2D eigenvalue weighted by Gasteiger charge is -2.22. The predicted molar refractivity (Wildman–Crippen MR) is 133 cm³/mol. The maximum atomic E-state index is 13.3. The molecule has 1 aliphatic carbocycles. The van der Waals surface area contributed by atoms with Crippen LogP contribution in [0, 0.1) is 0 Å². The van der Waals surface area contributed by atoms with Gasteiger partial charge in [-0.1, -0.05) is 49.0 Å². The van der Waals surface area contributed by atoms with E-state index in [0.717, 1.165) is 41.5 Å². The fraction of sp³-hybridized carbons (Fsp3) is 0.417. The molecule has 4 rings (SSSR count). The molecule has 0 aliphatic heterocycles. The highest BCUT2D eigenvalue weighted by Gasteiger charge is 2.24. The molecule has 0 atom stereocenters. The van der Waals surface area contributed by atoms with E-state index in [1.54, 1.807) is 20.8 Å². The number of primary amides is 1. The Morgan fingerprint density at radius 3 is 2.76 bits per heavy atom. The molecule has 2 N–H and O–H groups in total. The highest BCUT2D eigenvalue weighted by Crippen LogP contribution is 2.35. The van der Waals surface area contributed by atoms with E-state index >= 15 is 0 Å². The zero-order valence-electron chi connectivity index (χ0n) is 18.7. The molecular weight excluding hydrogens is 456 g/mol. The molecule has 174 valence electrons. The third-order valence-corrected chi connectivity index (χ3v) is 7.91. The predicted octanol–water partition coefficient (Wildman–Crippen LogP) is 3.35. The summed E-state index contributed by atoms with van der Waals surface area (Å²) in [7, 11) is 0. The standard InChI is InChI=1S/C24H28N4O3S2/c1-2-12-28-23(31)21-17-9-6-10-18(17)33-22(21)26-24(28)32-15-20(30)27(13-11-19(25)29)14-16-7-4-3-5-8-16/h3-5,7-8H,2,6,9-15H2,1H3,(H2,25,29). The summed E-state index contributed by atoms with van der Waals surface area (Å²) in [5, 5.41) is 1.35. The quantitative estimate of drug-likeness (QED) is 0.351. The van der Waals surface area contributed by atoms with Gasteiger partial charge in [0.05, 0.1) is 11.1 Å². The number of hydrogen-bond acceptors (Lipinski definition) is 6. The Hall–Kier alpha value is -2.65. The Morgan fingerprint density at radius 2 is 2.03 bits per heavy atom. The Morgan fingerprint density at radius 1 is 1.24 bits per heavy atom. The van der Waals surface area contributed by atoms with Gasteiger partial charge in [0, 0.05) is 30.9 Å². The lowest BCUT2D eigenvalue weighted by Crippen LogP contribution is -2.35. The Balaban J connectivity index is 1.56. The van der Waals surface area contributed by atoms with E-state index in [9.17, 15) is 14.4 Å². The van der Waals surface area contributed by atoms with Gasteiger partial charge in [-0.3, -0.25) is 19.0 Å². The molecule has 0 radical (unpaired) electrons. The van der Waals surface area contributed by atoms with Crippen molar-refractivity contribution in [3.05, 3.63) is 56.7 Å². The topological polar surface area (TPSA) is 98.3 Å². The van der Waals surface area contributed by atoms with E-state index in [0.29, 0.717) is 18.2 Å². The van der Waals surface area contributed by atoms with Crippen molar-refractivity contribution in [1.82, 2.24) is 14.5 Å². The number of nitrogens with zero attached hydrogens (tertiary/aromatic N) is 3. The fourth-order valence-electron chi connectivity index (χ4n) is 4.15. The third-order valence-electron chi connectivity index (χ3n) is 5.76. The van der Waals surface area contributed by atoms with Crippen molar-refractivity contribution in [2.45, 2.75) is 57.3 Å². The van der Waals surface area contributed by atoms with Gasteiger partial charge in [-0.05, 0) is 36.8 Å². The first-order valence-electron chi connectivity index (χ1n) is 11.3. The van der Waals surface area contributed by atoms with Gasteiger partial charge < -0.3 is 10.6 Å². The van der Waals surface area contributed by atoms with Crippen LogP contribution in [0.5, 0.6) is 0 Å². The van der Waals surface area contributed by atoms with E-state index < -0.39 is 5.91 Å². The summed E-state index contributed by atoms with van der Waals surface area (Å²) >= 11 is 2.90. The lowest BCUT2D eigenvalue weighted by molar-refractivity contribution is -0.129. The molecule has 2 aromatic heterocycles. The first-order valence-corrected chi connectivity index (χ1v) is 13.1. The van der Waals surface area contributed by atoms with Crippen molar-refractivity contribution in [3.63, 3.8) is 0 Å². The zero-order chi connectivity index (χ0) is 23.4. The van der Waals surface area contributed by atoms with E-state index in [1.807, 2.05) is 37.3 Å². The number of rotatable bonds is 10. The van der Waals surface area contributed by atoms with Gasteiger partial charge in [0.1, 0.15) is 4.83 Å². The van der Waals surface area contributed by atoms with Gasteiger partial charge in [0.15, 0.2) is 5.16 Å². The van der Waals surface area contributed by atoms with Crippen LogP contribution in [0.25, 0.3) is 10.2 Å². The van der Waals surface area contributed by atoms with Gasteiger partial charge in [-0.2, -0.15) is 0 Å². The molecule has 0 fully saturated rings. The maximum Gasteiger partial charge on any atom is 0.263 e. The van der Waals surface area contributed by atoms with Crippen LogP contribution in [0.15, 0.2) is 40.3 Å². The highest BCUT2D eigenvalue weighted by atomic mass is 32.2. The molecule has 3 aromatic rings. The molecule has 33 heavy (non-hydrogen) atoms. The summed E-state index contributed by atoms with van der Waals surface area (Å²) in [5.74, 6) is -0.419. The molecule has 0 bridgehead atoms. The number of carbonyl (C=O) groups is 2. The van der Waals surface area contributed by atoms with Crippen LogP contribution >= 0.6 is 23.1 Å². The average Bonchev–Trinajstić information content (AvgIpc) is 3.38. The van der Waals surface area contributed by atoms with Crippen molar-refractivity contribution in [1.29, 1.82) is 0 Å². The van der Waals surface area contributed by atoms with E-state index in [-0.39, 0.29) is 30.2 Å². The van der Waals surface area contributed by atoms with E-state index in [2.05, 4.69) is 0 Å². The Kier molecular flexibility index (Phi) is 7.49. The maximum absolute atomic E-state index is 13.3. The number of fused-ring (bicyclic) bond motifs is 3. The van der Waals surface area contributed by atoms with Gasteiger partial charge in [0.2, 0.25) is 11.8 Å². The smallest absolute Gasteiger partial charge is 0.263 e. The largest absolute Gasteiger partial charge is 0.370 e. The minimum Gasteiger partial charge on any atom is -0.370 e. The minimum absolute atomic E-state index is 0.00562. The number of nitrogens with two attached hydrogens (primary N) is 1. The van der Waals surface area contributed by atoms with Crippen LogP contribution in [0.3, 0.4) is 0 Å². The third kappa shape index (κ3) is 5.30. The van der Waals surface area contributed by atoms with Crippen LogP contribution < -0.4 is 11.3 Å². The Labute approximate surface area is 201 Å². The number of amides is 2. The summed E-state index contributed by atoms with van der Waals surface area (Å²) in [6.07, 6.45) is 3.96. The number of carbonyl (C=O) groups excluding carboxylic acids is 2. The van der Waals surface area contributed by atoms with E-state index in [1.165, 1.54) is 22.2 Å². The van der Waals surface area contributed by atoms with Crippen molar-refractivity contribution in [2.75, 3.05) is 12.3 Å². The van der Waals surface area contributed by atoms with Crippen LogP contribution in [-0.2, 0) is 35.5 Å². The van der Waals surface area contributed by atoms with Crippen molar-refractivity contribution in [3.8, 4) is 0 Å². The summed E-state index contributed by atoms with van der Waals surface area (Å²) in [5.41, 5.74) is 7.48. The number of hydrogen-bond donors (Lipinski definition) is 1. The van der Waals surface area contributed by atoms with Gasteiger partial charge in [0.25, 0.3) is 5.56 Å². The molecule has 1 aliphatic rings. The van der Waals surface area contributed by atoms with Crippen LogP contribution in [0.2, 0.25) is 0 Å². The second kappa shape index (κ2) is 10.5. The first kappa shape index (κ1) is 23.5. The molecule has 0 saturated heterocycles. The summed E-state index contributed by atoms with van der Waals surface area (Å²) in [4.78, 5) is 46.3. The first-order chi connectivity index (χ1) is 16.0. The van der Waals surface area contributed by atoms with Crippen LogP contribution in [0.4, 0.5) is 0 Å². The second-order valence-corrected chi connectivity index (χ2v) is 10.2. The van der Waals surface area contributed by atoms with Crippen LogP contribution in [-0.4, -0.2) is 38.6 Å². The molecule has 2 heterocycles. The van der Waals surface area contributed by atoms with Gasteiger partial charge >= 0.3 is 0 Å². The van der Waals surface area contributed by atoms with E-state index in [4.69, 9.17) is 10.7 Å². The summed E-state index contributed by atoms with van der Waals surface area (Å²) < 4.78 is 1.72. The molecular formula is C24H28N4O3S2. The SMILES string of the molecule is CCCn1c(SCC(=O)N(CCC(N)=O)Cc2ccccc2)nc2sc3c(c2c1=O)CCC3. The molecule has 0 unspecified atom stereocenters. The van der Waals surface area contributed by atoms with Gasteiger partial charge in [-0.25, -0.2) is 4.98 Å². The molecule has 1 aromatic carbocycles. The molecule has 2 amide bonds. The summed E-state index contributed by atoms with van der Waals surface area (Å²) in [6.45, 7) is 3.26. The highest BCUT2D eigenvalue weighted by molar-refractivity contribution is 7.99. The second-order valence-electron chi connectivity index (χ2n) is 8.19. The van der Waals surface area contributed by atoms with Gasteiger partial charge in [-0.15, -0.1) is 11.3 Å². The molecule has 0 saturated carbocycles. The number of aromatic nitrogens is 2. The lowest BCUT2D eigenvalue weighted by atomic mass is 10.2. The number of aryl methyl sites for hydroxylation is 2. The van der Waals surface area contributed by atoms with Crippen LogP contribution in [0.1, 0.15) is 42.2 Å². The number of thioether (sulfide) groups is 1. The molecule has 9 heteroatoms. The fourth-order valence-corrected chi connectivity index (χ4v) is 6.38. The monoisotopic (exact) mass is 484 g/mol. The normalized spacial score (nSPS) is 12.8. The zero-order valence-corrected chi connectivity index (χ0v) is 20.3. The number of benzene rings is 1. The summed E-state index contributed by atoms with van der Waals surface area (Å²) in [6, 6.07) is 9.65. The van der Waals surface area contributed by atoms with Crippen molar-refractivity contribution in [2.24, 2.45) is 5.73 Å². The number of thiophene rings is 1. The van der Waals surface area contributed by atoms with Crippen molar-refractivity contribution >= 4 is 45.1 Å². The Bertz CT molecular complexity index is 1220. The average molecular weight is 485 g/mol. The van der Waals surface area contributed by atoms with Crippen molar-refractivity contribution < 1.29 is 9.59 Å².